The summed E-state index contributed by atoms with van der Waals surface area (Å²) >= 11 is 0. The van der Waals surface area contributed by atoms with Crippen LogP contribution >= 0.6 is 0 Å². The first kappa shape index (κ1) is 14.8. The predicted molar refractivity (Wildman–Crippen MR) is 85.7 cm³/mol. The number of nitrogens with two attached hydrogens (primary N) is 1. The quantitative estimate of drug-likeness (QED) is 0.908. The molecule has 0 aromatic heterocycles. The number of rotatable bonds is 4. The van der Waals surface area contributed by atoms with E-state index in [1.54, 1.807) is 0 Å². The maximum atomic E-state index is 6.05. The summed E-state index contributed by atoms with van der Waals surface area (Å²) in [4.78, 5) is 5.04. The van der Waals surface area contributed by atoms with Gasteiger partial charge in [0.05, 0.1) is 0 Å². The van der Waals surface area contributed by atoms with Crippen LogP contribution in [0, 0.1) is 0 Å². The second-order valence-corrected chi connectivity index (χ2v) is 6.86. The monoisotopic (exact) mass is 289 g/mol. The molecule has 0 aliphatic carbocycles. The Labute approximate surface area is 127 Å². The Morgan fingerprint density at radius 1 is 1.19 bits per heavy atom. The molecule has 2 N–H and O–H groups in total. The molecule has 4 nitrogen and oxygen atoms in total. The summed E-state index contributed by atoms with van der Waals surface area (Å²) in [6.45, 7) is 10.6. The van der Waals surface area contributed by atoms with E-state index >= 15 is 0 Å². The van der Waals surface area contributed by atoms with Crippen LogP contribution in [0.5, 0.6) is 5.75 Å². The van der Waals surface area contributed by atoms with Crippen molar-refractivity contribution < 1.29 is 4.74 Å². The molecule has 1 fully saturated rings. The number of hydrogen-bond acceptors (Lipinski definition) is 4. The van der Waals surface area contributed by atoms with Crippen molar-refractivity contribution in [1.29, 1.82) is 0 Å². The first-order valence-electron chi connectivity index (χ1n) is 8.00. The Bertz CT molecular complexity index is 456. The van der Waals surface area contributed by atoms with Gasteiger partial charge >= 0.3 is 0 Å². The van der Waals surface area contributed by atoms with Gasteiger partial charge < -0.3 is 10.5 Å². The van der Waals surface area contributed by atoms with Crippen LogP contribution < -0.4 is 10.5 Å². The van der Waals surface area contributed by atoms with Crippen LogP contribution in [-0.4, -0.2) is 60.7 Å². The average molecular weight is 289 g/mol. The van der Waals surface area contributed by atoms with E-state index in [0.717, 1.165) is 44.9 Å². The number of nitrogens with zero attached hydrogens (tertiary/aromatic N) is 2. The summed E-state index contributed by atoms with van der Waals surface area (Å²) in [5.41, 5.74) is 7.35. The highest BCUT2D eigenvalue weighted by Crippen LogP contribution is 2.28. The topological polar surface area (TPSA) is 41.7 Å². The molecule has 116 valence electrons. The molecule has 2 heterocycles. The van der Waals surface area contributed by atoms with Crippen LogP contribution in [0.3, 0.4) is 0 Å². The summed E-state index contributed by atoms with van der Waals surface area (Å²) in [6, 6.07) is 8.40. The number of fused-ring (bicyclic) bond motifs is 1. The van der Waals surface area contributed by atoms with Gasteiger partial charge in [-0.2, -0.15) is 0 Å². The lowest BCUT2D eigenvalue weighted by Gasteiger charge is -2.43. The SMILES string of the molecule is CC(C)(CN)N1CCN(CC2Cc3ccccc3O2)CC1. The molecule has 0 saturated carbocycles. The van der Waals surface area contributed by atoms with E-state index in [2.05, 4.69) is 47.9 Å². The smallest absolute Gasteiger partial charge is 0.123 e. The molecular formula is C17H27N3O. The van der Waals surface area contributed by atoms with E-state index in [-0.39, 0.29) is 5.54 Å². The summed E-state index contributed by atoms with van der Waals surface area (Å²) in [6.07, 6.45) is 1.36. The Hall–Kier alpha value is -1.10. The van der Waals surface area contributed by atoms with Gasteiger partial charge in [-0.3, -0.25) is 9.80 Å². The number of para-hydroxylation sites is 1. The van der Waals surface area contributed by atoms with E-state index in [1.807, 2.05) is 0 Å². The van der Waals surface area contributed by atoms with Crippen molar-refractivity contribution in [3.63, 3.8) is 0 Å². The van der Waals surface area contributed by atoms with Crippen LogP contribution in [-0.2, 0) is 6.42 Å². The van der Waals surface area contributed by atoms with Crippen molar-refractivity contribution in [3.05, 3.63) is 29.8 Å². The van der Waals surface area contributed by atoms with Crippen molar-refractivity contribution in [1.82, 2.24) is 9.80 Å². The maximum Gasteiger partial charge on any atom is 0.123 e. The highest BCUT2D eigenvalue weighted by molar-refractivity contribution is 5.37. The third-order valence-electron chi connectivity index (χ3n) is 4.90. The first-order chi connectivity index (χ1) is 10.1. The third kappa shape index (κ3) is 3.23. The average Bonchev–Trinajstić information content (AvgIpc) is 2.90. The number of piperazine rings is 1. The minimum Gasteiger partial charge on any atom is -0.488 e. The fourth-order valence-electron chi connectivity index (χ4n) is 3.31. The van der Waals surface area contributed by atoms with Gasteiger partial charge in [0.2, 0.25) is 0 Å². The van der Waals surface area contributed by atoms with E-state index < -0.39 is 0 Å². The normalized spacial score (nSPS) is 23.9. The Kier molecular flexibility index (Phi) is 4.20. The molecule has 1 unspecified atom stereocenters. The van der Waals surface area contributed by atoms with Gasteiger partial charge in [0.1, 0.15) is 11.9 Å². The predicted octanol–water partition coefficient (Wildman–Crippen LogP) is 1.35. The molecule has 0 bridgehead atoms. The van der Waals surface area contributed by atoms with Crippen molar-refractivity contribution >= 4 is 0 Å². The minimum atomic E-state index is 0.117. The first-order valence-corrected chi connectivity index (χ1v) is 8.00. The van der Waals surface area contributed by atoms with Crippen molar-refractivity contribution in [2.75, 3.05) is 39.3 Å². The van der Waals surface area contributed by atoms with Gasteiger partial charge in [0, 0.05) is 51.2 Å². The Morgan fingerprint density at radius 2 is 1.90 bits per heavy atom. The van der Waals surface area contributed by atoms with Crippen molar-refractivity contribution in [2.45, 2.75) is 31.9 Å². The molecule has 0 amide bonds. The number of benzene rings is 1. The van der Waals surface area contributed by atoms with Gasteiger partial charge in [-0.1, -0.05) is 18.2 Å². The van der Waals surface area contributed by atoms with Gasteiger partial charge in [-0.25, -0.2) is 0 Å². The molecular weight excluding hydrogens is 262 g/mol. The Morgan fingerprint density at radius 3 is 2.57 bits per heavy atom. The maximum absolute atomic E-state index is 6.05. The van der Waals surface area contributed by atoms with Crippen molar-refractivity contribution in [3.8, 4) is 5.75 Å². The molecule has 1 aromatic rings. The molecule has 4 heteroatoms. The summed E-state index contributed by atoms with van der Waals surface area (Å²) < 4.78 is 6.05. The zero-order valence-corrected chi connectivity index (χ0v) is 13.2. The summed E-state index contributed by atoms with van der Waals surface area (Å²) in [5, 5.41) is 0. The Balaban J connectivity index is 1.49. The van der Waals surface area contributed by atoms with E-state index in [1.165, 1.54) is 5.56 Å². The van der Waals surface area contributed by atoms with Crippen LogP contribution in [0.15, 0.2) is 24.3 Å². The van der Waals surface area contributed by atoms with Crippen LogP contribution in [0.25, 0.3) is 0 Å². The largest absolute Gasteiger partial charge is 0.488 e. The van der Waals surface area contributed by atoms with Gasteiger partial charge in [0.15, 0.2) is 0 Å². The van der Waals surface area contributed by atoms with Gasteiger partial charge in [0.25, 0.3) is 0 Å². The lowest BCUT2D eigenvalue weighted by atomic mass is 10.0. The molecule has 1 saturated heterocycles. The van der Waals surface area contributed by atoms with E-state index in [9.17, 15) is 0 Å². The molecule has 21 heavy (non-hydrogen) atoms. The molecule has 3 rings (SSSR count). The highest BCUT2D eigenvalue weighted by Gasteiger charge is 2.30. The second kappa shape index (κ2) is 5.95. The third-order valence-corrected chi connectivity index (χ3v) is 4.90. The van der Waals surface area contributed by atoms with Crippen LogP contribution in [0.2, 0.25) is 0 Å². The van der Waals surface area contributed by atoms with E-state index in [4.69, 9.17) is 10.5 Å². The molecule has 0 spiro atoms. The lowest BCUT2D eigenvalue weighted by Crippen LogP contribution is -2.58. The molecule has 1 aromatic carbocycles. The highest BCUT2D eigenvalue weighted by atomic mass is 16.5. The molecule has 2 aliphatic heterocycles. The zero-order valence-electron chi connectivity index (χ0n) is 13.2. The van der Waals surface area contributed by atoms with Gasteiger partial charge in [-0.05, 0) is 25.5 Å². The minimum absolute atomic E-state index is 0.117. The van der Waals surface area contributed by atoms with E-state index in [0.29, 0.717) is 12.6 Å². The summed E-state index contributed by atoms with van der Waals surface area (Å²) in [5.74, 6) is 1.07. The van der Waals surface area contributed by atoms with Crippen molar-refractivity contribution in [2.24, 2.45) is 5.73 Å². The number of ether oxygens (including phenoxy) is 1. The van der Waals surface area contributed by atoms with Crippen LogP contribution in [0.4, 0.5) is 0 Å². The summed E-state index contributed by atoms with van der Waals surface area (Å²) in [7, 11) is 0. The fraction of sp³-hybridized carbons (Fsp3) is 0.647. The standard InChI is InChI=1S/C17H27N3O/c1-17(2,13-18)20-9-7-19(8-10-20)12-15-11-14-5-3-4-6-16(14)21-15/h3-6,15H,7-13,18H2,1-2H3. The van der Waals surface area contributed by atoms with Gasteiger partial charge in [-0.15, -0.1) is 0 Å². The zero-order chi connectivity index (χ0) is 14.9. The number of hydrogen-bond donors (Lipinski definition) is 1. The fourth-order valence-corrected chi connectivity index (χ4v) is 3.31. The molecule has 0 radical (unpaired) electrons. The van der Waals surface area contributed by atoms with Crippen LogP contribution in [0.1, 0.15) is 19.4 Å². The second-order valence-electron chi connectivity index (χ2n) is 6.86. The lowest BCUT2D eigenvalue weighted by molar-refractivity contribution is 0.0414. The molecule has 2 aliphatic rings. The molecule has 1 atom stereocenters.